The second kappa shape index (κ2) is 9.38. The number of carbonyl (C=O) groups is 1. The molecule has 0 unspecified atom stereocenters. The van der Waals surface area contributed by atoms with E-state index in [0.29, 0.717) is 5.02 Å². The fourth-order valence-corrected chi connectivity index (χ4v) is 1.48. The van der Waals surface area contributed by atoms with Crippen molar-refractivity contribution in [2.45, 2.75) is 6.92 Å². The number of nitrogens with two attached hydrogens (primary N) is 1. The van der Waals surface area contributed by atoms with E-state index in [1.165, 1.54) is 6.92 Å². The highest BCUT2D eigenvalue weighted by atomic mass is 35.5. The van der Waals surface area contributed by atoms with Crippen LogP contribution in [0.25, 0.3) is 0 Å². The predicted octanol–water partition coefficient (Wildman–Crippen LogP) is 3.18. The first-order valence-corrected chi connectivity index (χ1v) is 6.72. The van der Waals surface area contributed by atoms with Crippen LogP contribution in [-0.2, 0) is 4.79 Å². The van der Waals surface area contributed by atoms with Crippen LogP contribution in [-0.4, -0.2) is 16.8 Å². The number of aliphatic carboxylic acids is 1. The third-order valence-electron chi connectivity index (χ3n) is 2.47. The number of benzene rings is 2. The molecule has 0 aromatic heterocycles. The fraction of sp³-hybridized carbons (Fsp3) is 0.0667. The molecule has 5 N–H and O–H groups in total. The van der Waals surface area contributed by atoms with E-state index >= 15 is 0 Å². The molecule has 2 aromatic rings. The Hall–Kier alpha value is -2.57. The van der Waals surface area contributed by atoms with Crippen molar-refractivity contribution in [1.29, 1.82) is 0 Å². The van der Waals surface area contributed by atoms with Crippen molar-refractivity contribution >= 4 is 34.7 Å². The molecule has 2 aromatic carbocycles. The first kappa shape index (κ1) is 17.5. The third-order valence-corrected chi connectivity index (χ3v) is 2.79. The van der Waals surface area contributed by atoms with Gasteiger partial charge in [-0.2, -0.15) is 5.10 Å². The number of carboxylic acids is 1. The zero-order valence-electron chi connectivity index (χ0n) is 12.0. The number of hydrazone groups is 1. The Balaban J connectivity index is 0.000000235. The summed E-state index contributed by atoms with van der Waals surface area (Å²) < 4.78 is 0. The van der Waals surface area contributed by atoms with Crippen molar-refractivity contribution in [2.24, 2.45) is 10.9 Å². The van der Waals surface area contributed by atoms with E-state index in [4.69, 9.17) is 22.6 Å². The Labute approximate surface area is 133 Å². The number of nitrogens with one attached hydrogen (secondary N) is 2. The monoisotopic (exact) mass is 320 g/mol. The van der Waals surface area contributed by atoms with Gasteiger partial charge in [-0.1, -0.05) is 41.9 Å². The van der Waals surface area contributed by atoms with Gasteiger partial charge in [-0.25, -0.2) is 4.79 Å². The van der Waals surface area contributed by atoms with Gasteiger partial charge in [-0.05, 0) is 31.2 Å². The summed E-state index contributed by atoms with van der Waals surface area (Å²) >= 11 is 5.68. The lowest BCUT2D eigenvalue weighted by molar-refractivity contribution is -0.129. The number of hydrogen-bond acceptors (Lipinski definition) is 5. The highest BCUT2D eigenvalue weighted by Crippen LogP contribution is 2.18. The van der Waals surface area contributed by atoms with Crippen LogP contribution in [0, 0.1) is 0 Å². The molecule has 0 spiro atoms. The zero-order valence-corrected chi connectivity index (χ0v) is 12.7. The van der Waals surface area contributed by atoms with Gasteiger partial charge in [-0.15, -0.1) is 0 Å². The molecular formula is C15H17ClN4O2. The zero-order chi connectivity index (χ0) is 16.4. The molecule has 0 heterocycles. The maximum Gasteiger partial charge on any atom is 0.351 e. The molecule has 6 nitrogen and oxygen atoms in total. The van der Waals surface area contributed by atoms with Crippen molar-refractivity contribution < 1.29 is 9.90 Å². The van der Waals surface area contributed by atoms with Gasteiger partial charge in [0, 0.05) is 0 Å². The number of nitrogens with zero attached hydrogens (tertiary/aromatic N) is 1. The van der Waals surface area contributed by atoms with Crippen molar-refractivity contribution in [3.05, 3.63) is 59.6 Å². The quantitative estimate of drug-likeness (QED) is 0.394. The van der Waals surface area contributed by atoms with Gasteiger partial charge in [0.25, 0.3) is 0 Å². The van der Waals surface area contributed by atoms with Crippen molar-refractivity contribution in [3.63, 3.8) is 0 Å². The predicted molar refractivity (Wildman–Crippen MR) is 90.1 cm³/mol. The average molecular weight is 321 g/mol. The van der Waals surface area contributed by atoms with E-state index in [9.17, 15) is 4.79 Å². The van der Waals surface area contributed by atoms with E-state index in [2.05, 4.69) is 16.0 Å². The summed E-state index contributed by atoms with van der Waals surface area (Å²) in [6.07, 6.45) is 0. The summed E-state index contributed by atoms with van der Waals surface area (Å²) in [6, 6.07) is 16.5. The lowest BCUT2D eigenvalue weighted by Gasteiger charge is -1.99. The van der Waals surface area contributed by atoms with Gasteiger partial charge in [0.05, 0.1) is 16.4 Å². The number of halogens is 1. The van der Waals surface area contributed by atoms with E-state index < -0.39 is 5.97 Å². The Morgan fingerprint density at radius 3 is 2.23 bits per heavy atom. The molecule has 2 rings (SSSR count). The number of anilines is 2. The lowest BCUT2D eigenvalue weighted by atomic mass is 10.3. The van der Waals surface area contributed by atoms with Crippen LogP contribution in [0.1, 0.15) is 6.92 Å². The molecule has 0 amide bonds. The minimum atomic E-state index is -1.02. The summed E-state index contributed by atoms with van der Waals surface area (Å²) in [4.78, 5) is 10.3. The van der Waals surface area contributed by atoms with Crippen molar-refractivity contribution in [3.8, 4) is 0 Å². The Morgan fingerprint density at radius 2 is 1.73 bits per heavy atom. The van der Waals surface area contributed by atoms with E-state index in [1.54, 1.807) is 18.2 Å². The number of hydrazine groups is 1. The van der Waals surface area contributed by atoms with E-state index in [1.807, 2.05) is 36.4 Å². The lowest BCUT2D eigenvalue weighted by Crippen LogP contribution is -2.10. The second-order valence-corrected chi connectivity index (χ2v) is 4.51. The molecule has 0 bridgehead atoms. The van der Waals surface area contributed by atoms with Gasteiger partial charge in [0.2, 0.25) is 0 Å². The summed E-state index contributed by atoms with van der Waals surface area (Å²) in [5.74, 6) is 4.09. The summed E-state index contributed by atoms with van der Waals surface area (Å²) in [6.45, 7) is 1.43. The Morgan fingerprint density at radius 1 is 1.14 bits per heavy atom. The largest absolute Gasteiger partial charge is 0.477 e. The maximum absolute atomic E-state index is 10.3. The Bertz CT molecular complexity index is 632. The van der Waals surface area contributed by atoms with E-state index in [0.717, 1.165) is 11.4 Å². The topological polar surface area (TPSA) is 99.7 Å². The molecular weight excluding hydrogens is 304 g/mol. The first-order chi connectivity index (χ1) is 10.5. The normalized spacial score (nSPS) is 10.2. The SMILES string of the molecule is CC(=NNc1ccccc1)C(=O)O.NNc1ccccc1Cl. The summed E-state index contributed by atoms with van der Waals surface area (Å²) in [5, 5.41) is 12.8. The Kier molecular flexibility index (Phi) is 7.45. The molecule has 0 aliphatic rings. The number of hydrogen-bond donors (Lipinski definition) is 4. The molecule has 0 aliphatic heterocycles. The number of rotatable bonds is 4. The average Bonchev–Trinajstić information content (AvgIpc) is 2.54. The standard InChI is InChI=1S/C9H10N2O2.C6H7ClN2/c1-7(9(12)13)10-11-8-5-3-2-4-6-8;7-5-3-1-2-4-6(5)9-8/h2-6,11H,1H3,(H,12,13);1-4,9H,8H2. The van der Waals surface area contributed by atoms with Crippen LogP contribution >= 0.6 is 11.6 Å². The second-order valence-electron chi connectivity index (χ2n) is 4.10. The van der Waals surface area contributed by atoms with Crippen LogP contribution in [0.5, 0.6) is 0 Å². The van der Waals surface area contributed by atoms with Gasteiger partial charge in [0.1, 0.15) is 5.71 Å². The fourth-order valence-electron chi connectivity index (χ4n) is 1.29. The molecule has 0 radical (unpaired) electrons. The van der Waals surface area contributed by atoms with Gasteiger partial charge in [0.15, 0.2) is 0 Å². The van der Waals surface area contributed by atoms with Crippen molar-refractivity contribution in [2.75, 3.05) is 10.9 Å². The molecule has 22 heavy (non-hydrogen) atoms. The minimum Gasteiger partial charge on any atom is -0.477 e. The molecule has 0 atom stereocenters. The van der Waals surface area contributed by atoms with Crippen molar-refractivity contribution in [1.82, 2.24) is 0 Å². The first-order valence-electron chi connectivity index (χ1n) is 6.34. The molecule has 0 saturated carbocycles. The minimum absolute atomic E-state index is 0.0313. The third kappa shape index (κ3) is 6.25. The van der Waals surface area contributed by atoms with E-state index in [-0.39, 0.29) is 5.71 Å². The van der Waals surface area contributed by atoms with Gasteiger partial charge in [-0.3, -0.25) is 11.3 Å². The number of nitrogen functional groups attached to an aromatic ring is 1. The number of para-hydroxylation sites is 2. The summed E-state index contributed by atoms with van der Waals surface area (Å²) in [7, 11) is 0. The highest BCUT2D eigenvalue weighted by molar-refractivity contribution is 6.34. The summed E-state index contributed by atoms with van der Waals surface area (Å²) in [5.41, 5.74) is 6.64. The molecule has 0 saturated heterocycles. The smallest absolute Gasteiger partial charge is 0.351 e. The molecule has 7 heteroatoms. The highest BCUT2D eigenvalue weighted by Gasteiger charge is 1.99. The maximum atomic E-state index is 10.3. The van der Waals surface area contributed by atoms with Crippen LogP contribution in [0.3, 0.4) is 0 Å². The molecule has 0 fully saturated rings. The van der Waals surface area contributed by atoms with Gasteiger partial charge < -0.3 is 10.5 Å². The van der Waals surface area contributed by atoms with Crippen LogP contribution in [0.2, 0.25) is 5.02 Å². The molecule has 0 aliphatic carbocycles. The molecule has 116 valence electrons. The van der Waals surface area contributed by atoms with Crippen LogP contribution in [0.4, 0.5) is 11.4 Å². The number of carboxylic acid groups (broad SMARTS) is 1. The van der Waals surface area contributed by atoms with Crippen LogP contribution < -0.4 is 16.7 Å². The van der Waals surface area contributed by atoms with Gasteiger partial charge >= 0.3 is 5.97 Å². The van der Waals surface area contributed by atoms with Crippen LogP contribution in [0.15, 0.2) is 59.7 Å².